The third-order valence-electron chi connectivity index (χ3n) is 9.80. The highest BCUT2D eigenvalue weighted by molar-refractivity contribution is 7.47. The molecule has 7 heterocycles. The molecule has 3 fully saturated rings. The van der Waals surface area contributed by atoms with Crippen molar-refractivity contribution < 1.29 is 90.5 Å². The zero-order valence-corrected chi connectivity index (χ0v) is 35.0. The summed E-state index contributed by atoms with van der Waals surface area (Å²) in [7, 11) is -14.6. The summed E-state index contributed by atoms with van der Waals surface area (Å²) in [6.07, 6.45) is -17.7. The second kappa shape index (κ2) is 18.6. The Morgan fingerprint density at radius 1 is 0.734 bits per heavy atom. The lowest BCUT2D eigenvalue weighted by Crippen LogP contribution is -2.38. The van der Waals surface area contributed by atoms with Crippen molar-refractivity contribution in [3.63, 3.8) is 0 Å². The van der Waals surface area contributed by atoms with Gasteiger partial charge in [0.05, 0.1) is 26.1 Å². The van der Waals surface area contributed by atoms with Crippen LogP contribution in [0.5, 0.6) is 0 Å². The number of aliphatic hydroxyl groups is 4. The van der Waals surface area contributed by atoms with E-state index in [4.69, 9.17) is 38.0 Å². The smallest absolute Gasteiger partial charge is 0.387 e. The van der Waals surface area contributed by atoms with Crippen LogP contribution in [0, 0.1) is 0 Å². The number of nitrogens with one attached hydrogen (secondary N) is 2. The number of H-pyrrole nitrogens is 1. The molecule has 352 valence electrons. The number of nitrogens with zero attached hydrogens (tertiary/aromatic N) is 7. The Labute approximate surface area is 355 Å². The van der Waals surface area contributed by atoms with Gasteiger partial charge in [0.15, 0.2) is 30.1 Å². The van der Waals surface area contributed by atoms with Crippen LogP contribution in [0.2, 0.25) is 0 Å². The first-order chi connectivity index (χ1) is 30.1. The largest absolute Gasteiger partial charge is 0.472 e. The van der Waals surface area contributed by atoms with Gasteiger partial charge >= 0.3 is 34.8 Å². The Morgan fingerprint density at radius 3 is 1.86 bits per heavy atom. The number of phosphoric ester groups is 3. The van der Waals surface area contributed by atoms with Crippen molar-refractivity contribution in [2.45, 2.75) is 73.6 Å². The Bertz CT molecular complexity index is 2660. The van der Waals surface area contributed by atoms with E-state index in [1.807, 2.05) is 4.98 Å². The molecular weight excluding hydrogens is 933 g/mol. The molecule has 14 atom stereocenters. The van der Waals surface area contributed by atoms with Gasteiger partial charge in [0.2, 0.25) is 0 Å². The van der Waals surface area contributed by atoms with Crippen molar-refractivity contribution in [3.05, 3.63) is 68.5 Å². The van der Waals surface area contributed by atoms with Gasteiger partial charge < -0.3 is 65.3 Å². The highest BCUT2D eigenvalue weighted by atomic mass is 31.2. The van der Waals surface area contributed by atoms with E-state index in [1.165, 1.54) is 4.57 Å². The molecule has 3 aliphatic heterocycles. The number of rotatable bonds is 17. The van der Waals surface area contributed by atoms with Crippen molar-refractivity contribution in [2.24, 2.45) is 0 Å². The van der Waals surface area contributed by atoms with Crippen LogP contribution in [0.3, 0.4) is 0 Å². The molecule has 2 unspecified atom stereocenters. The second-order valence-corrected chi connectivity index (χ2v) is 18.0. The van der Waals surface area contributed by atoms with Crippen LogP contribution in [0.4, 0.5) is 11.6 Å². The van der Waals surface area contributed by atoms with Crippen LogP contribution >= 0.6 is 23.5 Å². The van der Waals surface area contributed by atoms with Crippen molar-refractivity contribution in [2.75, 3.05) is 37.9 Å². The normalized spacial score (nSPS) is 31.6. The minimum absolute atomic E-state index is 0.0802. The summed E-state index contributed by atoms with van der Waals surface area (Å²) in [6.45, 7) is -3.22. The minimum Gasteiger partial charge on any atom is -0.387 e. The van der Waals surface area contributed by atoms with E-state index in [0.29, 0.717) is 4.57 Å². The topological polar surface area (TPSA) is 458 Å². The lowest BCUT2D eigenvalue weighted by atomic mass is 10.1. The average Bonchev–Trinajstić information content (AvgIpc) is 3.94. The van der Waals surface area contributed by atoms with Gasteiger partial charge in [0.25, 0.3) is 5.56 Å². The number of fused-ring (bicyclic) bond motifs is 1. The monoisotopic (exact) mass is 972 g/mol. The molecule has 7 rings (SSSR count). The molecule has 12 N–H and O–H groups in total. The summed E-state index contributed by atoms with van der Waals surface area (Å²) < 4.78 is 83.0. The summed E-state index contributed by atoms with van der Waals surface area (Å²) in [6, 6.07) is 2.04. The molecule has 0 bridgehead atoms. The van der Waals surface area contributed by atoms with Crippen LogP contribution in [0.25, 0.3) is 11.2 Å². The van der Waals surface area contributed by atoms with Gasteiger partial charge in [0, 0.05) is 25.5 Å². The van der Waals surface area contributed by atoms with Crippen LogP contribution in [-0.4, -0.2) is 160 Å². The molecule has 64 heavy (non-hydrogen) atoms. The maximum absolute atomic E-state index is 13.5. The van der Waals surface area contributed by atoms with Gasteiger partial charge in [-0.15, -0.1) is 0 Å². The fraction of sp³-hybridized carbons (Fsp3) is 0.552. The van der Waals surface area contributed by atoms with Gasteiger partial charge in [-0.3, -0.25) is 46.1 Å². The molecule has 0 aliphatic carbocycles. The van der Waals surface area contributed by atoms with Gasteiger partial charge in [-0.1, -0.05) is 0 Å². The zero-order chi connectivity index (χ0) is 46.5. The lowest BCUT2D eigenvalue weighted by molar-refractivity contribution is -0.0640. The standard InChI is InChI=1S/C29H39N10O22P3/c1-31-23-16-24(33-9-32-23)39(10-34-16)27-20(44)21(12(59-27)7-54-62(47,48)49)60-64(52,53)56-8-13-22(19(43)26(58-13)37-4-2-14(30)35-28(37)45)61-63(50,51)55-6-11-17(41)18(42)25(57-11)38-5-3-15(40)36-29(38)46/h2-5,9-13,17-22,25-27,41-44H,6-8H2,1H3,(H,50,51)(H,52,53)(H2,30,35,45)(H,31,32,33)(H,36,40,46)(H2,47,48,49)/t11-,12-,13-,17-,18-,19-,20-,21-,22-,25-,26-,27-/m1/s1. The summed E-state index contributed by atoms with van der Waals surface area (Å²) >= 11 is 0. The highest BCUT2D eigenvalue weighted by Crippen LogP contribution is 2.52. The molecule has 4 aromatic rings. The molecule has 32 nitrogen and oxygen atoms in total. The summed E-state index contributed by atoms with van der Waals surface area (Å²) in [4.78, 5) is 94.6. The van der Waals surface area contributed by atoms with Crippen LogP contribution < -0.4 is 28.0 Å². The van der Waals surface area contributed by atoms with Crippen molar-refractivity contribution >= 4 is 46.3 Å². The first kappa shape index (κ1) is 47.7. The fourth-order valence-corrected chi connectivity index (χ4v) is 9.14. The number of hydrogen-bond acceptors (Lipinski definition) is 24. The van der Waals surface area contributed by atoms with Crippen LogP contribution in [0.1, 0.15) is 18.7 Å². The number of anilines is 2. The van der Waals surface area contributed by atoms with E-state index in [9.17, 15) is 68.1 Å². The molecule has 0 saturated carbocycles. The predicted octanol–water partition coefficient (Wildman–Crippen LogP) is -4.49. The number of aromatic amines is 1. The number of nitrogens with two attached hydrogens (primary N) is 1. The summed E-state index contributed by atoms with van der Waals surface area (Å²) in [5, 5.41) is 46.5. The predicted molar refractivity (Wildman–Crippen MR) is 204 cm³/mol. The van der Waals surface area contributed by atoms with E-state index in [0.717, 1.165) is 41.7 Å². The Hall–Kier alpha value is -4.24. The quantitative estimate of drug-likeness (QED) is 0.0444. The van der Waals surface area contributed by atoms with Gasteiger partial charge in [-0.2, -0.15) is 4.98 Å². The van der Waals surface area contributed by atoms with Gasteiger partial charge in [0.1, 0.15) is 72.6 Å². The third kappa shape index (κ3) is 10.2. The molecule has 0 amide bonds. The first-order valence-corrected chi connectivity index (χ1v) is 22.8. The van der Waals surface area contributed by atoms with E-state index in [1.54, 1.807) is 7.05 Å². The number of aromatic nitrogens is 8. The maximum Gasteiger partial charge on any atom is 0.472 e. The van der Waals surface area contributed by atoms with Crippen LogP contribution in [0.15, 0.2) is 51.6 Å². The number of nitrogen functional groups attached to an aromatic ring is 1. The molecule has 3 saturated heterocycles. The van der Waals surface area contributed by atoms with E-state index < -0.39 is 134 Å². The zero-order valence-electron chi connectivity index (χ0n) is 32.4. The van der Waals surface area contributed by atoms with E-state index >= 15 is 0 Å². The molecule has 4 aromatic heterocycles. The van der Waals surface area contributed by atoms with Gasteiger partial charge in [-0.05, 0) is 6.07 Å². The van der Waals surface area contributed by atoms with Crippen LogP contribution in [-0.2, 0) is 50.5 Å². The number of ether oxygens (including phenoxy) is 3. The number of hydrogen-bond donors (Lipinski definition) is 11. The lowest BCUT2D eigenvalue weighted by Gasteiger charge is -2.26. The molecule has 0 radical (unpaired) electrons. The SMILES string of the molecule is CNc1ncnc2c1ncn2[C@@H]1O[C@H](COP(=O)(O)O)[C@@H](OP(=O)(O)OC[C@H]2O[C@@H](n3ccc(N)nc3=O)[C@H](O)[C@@H]2OP(=O)(O)OC[C@H]2O[C@@H](n3ccc(=O)[nH]c3=O)[C@H](O)[C@@H]2O)[C@H]1O. The van der Waals surface area contributed by atoms with Crippen molar-refractivity contribution in [1.29, 1.82) is 0 Å². The Balaban J connectivity index is 1.08. The second-order valence-electron chi connectivity index (χ2n) is 14.0. The maximum atomic E-state index is 13.5. The number of imidazole rings is 1. The summed E-state index contributed by atoms with van der Waals surface area (Å²) in [5.41, 5.74) is 2.93. The number of phosphoric acid groups is 3. The van der Waals surface area contributed by atoms with Crippen molar-refractivity contribution in [3.8, 4) is 0 Å². The minimum atomic E-state index is -5.52. The molecule has 35 heteroatoms. The van der Waals surface area contributed by atoms with E-state index in [-0.39, 0.29) is 22.8 Å². The Kier molecular flexibility index (Phi) is 13.8. The molecule has 3 aliphatic rings. The molecular formula is C29H39N10O22P3. The third-order valence-corrected chi connectivity index (χ3v) is 12.3. The molecule has 0 spiro atoms. The van der Waals surface area contributed by atoms with Gasteiger partial charge in [-0.25, -0.2) is 38.2 Å². The van der Waals surface area contributed by atoms with E-state index in [2.05, 4.69) is 29.8 Å². The fourth-order valence-electron chi connectivity index (χ4n) is 6.87. The van der Waals surface area contributed by atoms with Crippen molar-refractivity contribution in [1.82, 2.24) is 38.6 Å². The molecule has 0 aromatic carbocycles. The average molecular weight is 973 g/mol. The Morgan fingerprint density at radius 2 is 1.28 bits per heavy atom. The first-order valence-electron chi connectivity index (χ1n) is 18.3. The highest BCUT2D eigenvalue weighted by Gasteiger charge is 2.53. The summed E-state index contributed by atoms with van der Waals surface area (Å²) in [5.74, 6) is 0.0196. The number of aliphatic hydroxyl groups excluding tert-OH is 4.